The number of anilines is 1. The fourth-order valence-electron chi connectivity index (χ4n) is 2.08. The van der Waals surface area contributed by atoms with Crippen LogP contribution in [0.4, 0.5) is 5.69 Å². The number of hydrogen-bond acceptors (Lipinski definition) is 3. The molecule has 0 fully saturated rings. The highest BCUT2D eigenvalue weighted by Crippen LogP contribution is 2.19. The first-order valence-electron chi connectivity index (χ1n) is 7.45. The van der Waals surface area contributed by atoms with Crippen LogP contribution in [0.25, 0.3) is 0 Å². The minimum Gasteiger partial charge on any atom is -0.370 e. The summed E-state index contributed by atoms with van der Waals surface area (Å²) in [6.45, 7) is 2.18. The predicted molar refractivity (Wildman–Crippen MR) is 113 cm³/mol. The van der Waals surface area contributed by atoms with Crippen molar-refractivity contribution in [2.75, 3.05) is 19.4 Å². The number of rotatable bonds is 5. The van der Waals surface area contributed by atoms with Gasteiger partial charge in [0.2, 0.25) is 10.0 Å². The largest absolute Gasteiger partial charge is 0.370 e. The van der Waals surface area contributed by atoms with Gasteiger partial charge >= 0.3 is 0 Å². The molecular weight excluding hydrogens is 451 g/mol. The number of aliphatic imine (C=N–C) groups is 1. The zero-order valence-electron chi connectivity index (χ0n) is 14.4. The summed E-state index contributed by atoms with van der Waals surface area (Å²) >= 11 is 0. The normalized spacial score (nSPS) is 11.9. The molecule has 2 rings (SSSR count). The van der Waals surface area contributed by atoms with E-state index in [1.807, 2.05) is 31.2 Å². The molecule has 2 aromatic rings. The standard InChI is InChI=1S/C17H22N4O2S.HI/c1-13-8-10-15(11-9-13)20-17(18)19-12-14-6-4-5-7-16(14)24(22,23)21(2)3;/h4-11H,12H2,1-3H3,(H3,18,19,20);1H. The van der Waals surface area contributed by atoms with Gasteiger partial charge in [-0.3, -0.25) is 0 Å². The van der Waals surface area contributed by atoms with Crippen molar-refractivity contribution in [3.8, 4) is 0 Å². The van der Waals surface area contributed by atoms with E-state index in [1.54, 1.807) is 24.3 Å². The highest BCUT2D eigenvalue weighted by molar-refractivity contribution is 14.0. The summed E-state index contributed by atoms with van der Waals surface area (Å²) in [4.78, 5) is 4.48. The number of benzene rings is 2. The number of nitrogens with zero attached hydrogens (tertiary/aromatic N) is 2. The van der Waals surface area contributed by atoms with Crippen molar-refractivity contribution in [1.82, 2.24) is 4.31 Å². The van der Waals surface area contributed by atoms with Gasteiger partial charge in [0, 0.05) is 19.8 Å². The fraction of sp³-hybridized carbons (Fsp3) is 0.235. The van der Waals surface area contributed by atoms with Crippen molar-refractivity contribution in [2.24, 2.45) is 10.7 Å². The van der Waals surface area contributed by atoms with Crippen molar-refractivity contribution in [3.63, 3.8) is 0 Å². The van der Waals surface area contributed by atoms with Gasteiger partial charge in [-0.2, -0.15) is 0 Å². The molecule has 0 amide bonds. The number of halogens is 1. The van der Waals surface area contributed by atoms with Crippen LogP contribution in [-0.4, -0.2) is 32.8 Å². The molecule has 136 valence electrons. The van der Waals surface area contributed by atoms with Crippen molar-refractivity contribution >= 4 is 45.6 Å². The van der Waals surface area contributed by atoms with Crippen LogP contribution >= 0.6 is 24.0 Å². The van der Waals surface area contributed by atoms with E-state index in [0.717, 1.165) is 11.3 Å². The number of nitrogens with two attached hydrogens (primary N) is 1. The lowest BCUT2D eigenvalue weighted by atomic mass is 10.2. The van der Waals surface area contributed by atoms with Gasteiger partial charge in [-0.1, -0.05) is 35.9 Å². The zero-order chi connectivity index (χ0) is 17.7. The Morgan fingerprint density at radius 1 is 1.12 bits per heavy atom. The van der Waals surface area contributed by atoms with Gasteiger partial charge < -0.3 is 11.1 Å². The Morgan fingerprint density at radius 3 is 2.32 bits per heavy atom. The van der Waals surface area contributed by atoms with Crippen LogP contribution in [0.15, 0.2) is 58.4 Å². The SMILES string of the molecule is Cc1ccc(NC(N)=NCc2ccccc2S(=O)(=O)N(C)C)cc1.I. The molecule has 0 aliphatic heterocycles. The van der Waals surface area contributed by atoms with Gasteiger partial charge in [-0.05, 0) is 30.7 Å². The van der Waals surface area contributed by atoms with Crippen LogP contribution in [-0.2, 0) is 16.6 Å². The van der Waals surface area contributed by atoms with E-state index in [4.69, 9.17) is 5.73 Å². The van der Waals surface area contributed by atoms with E-state index < -0.39 is 10.0 Å². The first-order valence-corrected chi connectivity index (χ1v) is 8.89. The Labute approximate surface area is 166 Å². The Kier molecular flexibility index (Phi) is 7.84. The molecule has 0 atom stereocenters. The number of hydrogen-bond donors (Lipinski definition) is 2. The summed E-state index contributed by atoms with van der Waals surface area (Å²) in [5.74, 6) is 0.232. The molecule has 25 heavy (non-hydrogen) atoms. The first-order chi connectivity index (χ1) is 11.3. The monoisotopic (exact) mass is 474 g/mol. The molecule has 0 unspecified atom stereocenters. The van der Waals surface area contributed by atoms with Gasteiger partial charge in [0.1, 0.15) is 0 Å². The summed E-state index contributed by atoms with van der Waals surface area (Å²) in [6, 6.07) is 14.5. The Morgan fingerprint density at radius 2 is 1.72 bits per heavy atom. The summed E-state index contributed by atoms with van der Waals surface area (Å²) in [5, 5.41) is 2.99. The minimum absolute atomic E-state index is 0. The maximum atomic E-state index is 12.4. The van der Waals surface area contributed by atoms with Crippen LogP contribution in [0.2, 0.25) is 0 Å². The Hall–Kier alpha value is -1.65. The zero-order valence-corrected chi connectivity index (χ0v) is 17.6. The molecular formula is C17H23IN4O2S. The van der Waals surface area contributed by atoms with Crippen LogP contribution in [0.5, 0.6) is 0 Å². The molecule has 0 aromatic heterocycles. The highest BCUT2D eigenvalue weighted by atomic mass is 127. The second kappa shape index (κ2) is 9.16. The molecule has 0 heterocycles. The molecule has 6 nitrogen and oxygen atoms in total. The lowest BCUT2D eigenvalue weighted by molar-refractivity contribution is 0.519. The number of guanidine groups is 1. The molecule has 0 saturated heterocycles. The van der Waals surface area contributed by atoms with E-state index in [0.29, 0.717) is 5.56 Å². The second-order valence-electron chi connectivity index (χ2n) is 5.59. The van der Waals surface area contributed by atoms with Crippen LogP contribution in [0, 0.1) is 6.92 Å². The second-order valence-corrected chi connectivity index (χ2v) is 7.71. The van der Waals surface area contributed by atoms with E-state index in [9.17, 15) is 8.42 Å². The van der Waals surface area contributed by atoms with Gasteiger partial charge in [-0.25, -0.2) is 17.7 Å². The molecule has 0 aliphatic rings. The third-order valence-corrected chi connectivity index (χ3v) is 5.39. The molecule has 0 saturated carbocycles. The van der Waals surface area contributed by atoms with Crippen LogP contribution < -0.4 is 11.1 Å². The number of aryl methyl sites for hydroxylation is 1. The van der Waals surface area contributed by atoms with Gasteiger partial charge in [0.15, 0.2) is 5.96 Å². The van der Waals surface area contributed by atoms with Gasteiger partial charge in [-0.15, -0.1) is 24.0 Å². The van der Waals surface area contributed by atoms with E-state index in [1.165, 1.54) is 18.4 Å². The fourth-order valence-corrected chi connectivity index (χ4v) is 3.19. The number of sulfonamides is 1. The van der Waals surface area contributed by atoms with E-state index in [2.05, 4.69) is 10.3 Å². The molecule has 2 aromatic carbocycles. The Bertz CT molecular complexity index is 834. The predicted octanol–water partition coefficient (Wildman–Crippen LogP) is 2.79. The van der Waals surface area contributed by atoms with Crippen LogP contribution in [0.1, 0.15) is 11.1 Å². The minimum atomic E-state index is -3.52. The first kappa shape index (κ1) is 21.4. The lowest BCUT2D eigenvalue weighted by Gasteiger charge is -2.14. The summed E-state index contributed by atoms with van der Waals surface area (Å²) in [6.07, 6.45) is 0. The number of nitrogens with one attached hydrogen (secondary N) is 1. The quantitative estimate of drug-likeness (QED) is 0.397. The average molecular weight is 474 g/mol. The Balaban J connectivity index is 0.00000312. The molecule has 0 bridgehead atoms. The van der Waals surface area contributed by atoms with Crippen LogP contribution in [0.3, 0.4) is 0 Å². The molecule has 0 spiro atoms. The average Bonchev–Trinajstić information content (AvgIpc) is 2.55. The molecule has 0 radical (unpaired) electrons. The molecule has 3 N–H and O–H groups in total. The lowest BCUT2D eigenvalue weighted by Crippen LogP contribution is -2.24. The van der Waals surface area contributed by atoms with Crippen molar-refractivity contribution in [3.05, 3.63) is 59.7 Å². The maximum absolute atomic E-state index is 12.4. The third kappa shape index (κ3) is 5.68. The topological polar surface area (TPSA) is 87.8 Å². The maximum Gasteiger partial charge on any atom is 0.242 e. The van der Waals surface area contributed by atoms with E-state index in [-0.39, 0.29) is 41.4 Å². The van der Waals surface area contributed by atoms with Gasteiger partial charge in [0.25, 0.3) is 0 Å². The molecule has 0 aliphatic carbocycles. The highest BCUT2D eigenvalue weighted by Gasteiger charge is 2.20. The summed E-state index contributed by atoms with van der Waals surface area (Å²) < 4.78 is 25.9. The van der Waals surface area contributed by atoms with Gasteiger partial charge in [0.05, 0.1) is 11.4 Å². The van der Waals surface area contributed by atoms with Crippen molar-refractivity contribution in [1.29, 1.82) is 0 Å². The molecule has 8 heteroatoms. The van der Waals surface area contributed by atoms with Crippen molar-refractivity contribution < 1.29 is 8.42 Å². The van der Waals surface area contributed by atoms with E-state index >= 15 is 0 Å². The summed E-state index contributed by atoms with van der Waals surface area (Å²) in [5.41, 5.74) is 8.47. The smallest absolute Gasteiger partial charge is 0.242 e. The third-order valence-electron chi connectivity index (χ3n) is 3.47. The summed E-state index contributed by atoms with van der Waals surface area (Å²) in [7, 11) is -0.511. The van der Waals surface area contributed by atoms with Crippen molar-refractivity contribution in [2.45, 2.75) is 18.4 Å².